The summed E-state index contributed by atoms with van der Waals surface area (Å²) in [6.45, 7) is 6.60. The number of hydrogen-bond donors (Lipinski definition) is 2. The molecule has 2 aromatic rings. The van der Waals surface area contributed by atoms with Crippen LogP contribution in [-0.2, 0) is 11.3 Å². The van der Waals surface area contributed by atoms with Crippen molar-refractivity contribution >= 4 is 22.4 Å². The molecule has 0 aliphatic rings. The van der Waals surface area contributed by atoms with Crippen LogP contribution in [0.5, 0.6) is 0 Å². The molecular weight excluding hydrogens is 288 g/mol. The monoisotopic (exact) mass is 308 g/mol. The molecule has 1 atom stereocenters. The zero-order chi connectivity index (χ0) is 15.4. The molecule has 2 aromatic heterocycles. The van der Waals surface area contributed by atoms with Crippen LogP contribution >= 0.6 is 11.3 Å². The van der Waals surface area contributed by atoms with E-state index in [1.165, 1.54) is 11.3 Å². The fourth-order valence-corrected chi connectivity index (χ4v) is 2.70. The predicted molar refractivity (Wildman–Crippen MR) is 81.8 cm³/mol. The highest BCUT2D eigenvalue weighted by Crippen LogP contribution is 2.18. The lowest BCUT2D eigenvalue weighted by Gasteiger charge is -2.10. The highest BCUT2D eigenvalue weighted by molar-refractivity contribution is 7.15. The van der Waals surface area contributed by atoms with Gasteiger partial charge in [-0.05, 0) is 33.3 Å². The molecule has 0 saturated carbocycles. The van der Waals surface area contributed by atoms with Crippen LogP contribution in [-0.4, -0.2) is 25.9 Å². The summed E-state index contributed by atoms with van der Waals surface area (Å²) < 4.78 is 1.93. The van der Waals surface area contributed by atoms with Gasteiger partial charge in [-0.3, -0.25) is 9.48 Å². The van der Waals surface area contributed by atoms with E-state index in [1.807, 2.05) is 31.5 Å². The number of aryl methyl sites for hydroxylation is 3. The van der Waals surface area contributed by atoms with Gasteiger partial charge in [0, 0.05) is 18.7 Å². The van der Waals surface area contributed by atoms with Crippen LogP contribution in [0.4, 0.5) is 5.13 Å². The summed E-state index contributed by atoms with van der Waals surface area (Å²) in [6.07, 6.45) is 1.20. The third-order valence-corrected chi connectivity index (χ3v) is 4.02. The first kappa shape index (κ1) is 15.4. The molecule has 0 spiro atoms. The van der Waals surface area contributed by atoms with Crippen LogP contribution < -0.4 is 11.1 Å². The highest BCUT2D eigenvalue weighted by Gasteiger charge is 2.13. The fourth-order valence-electron chi connectivity index (χ4n) is 2.09. The Bertz CT molecular complexity index is 620. The normalized spacial score (nSPS) is 12.3. The maximum absolute atomic E-state index is 11.9. The SMILES string of the molecule is Cc1cc(C)n(CCCC(=O)N[C@@H](C)c2nnc(N)s2)n1. The molecule has 0 aliphatic heterocycles. The van der Waals surface area contributed by atoms with Gasteiger partial charge in [0.25, 0.3) is 0 Å². The highest BCUT2D eigenvalue weighted by atomic mass is 32.1. The second kappa shape index (κ2) is 6.66. The zero-order valence-corrected chi connectivity index (χ0v) is 13.3. The Morgan fingerprint density at radius 3 is 2.81 bits per heavy atom. The molecule has 0 aliphatic carbocycles. The van der Waals surface area contributed by atoms with E-state index in [2.05, 4.69) is 20.6 Å². The van der Waals surface area contributed by atoms with Crippen LogP contribution in [0.3, 0.4) is 0 Å². The minimum Gasteiger partial charge on any atom is -0.374 e. The molecule has 0 unspecified atom stereocenters. The van der Waals surface area contributed by atoms with E-state index in [4.69, 9.17) is 5.73 Å². The summed E-state index contributed by atoms with van der Waals surface area (Å²) in [6, 6.07) is 1.86. The lowest BCUT2D eigenvalue weighted by atomic mass is 10.2. The summed E-state index contributed by atoms with van der Waals surface area (Å²) in [5.41, 5.74) is 7.65. The van der Waals surface area contributed by atoms with Gasteiger partial charge in [-0.25, -0.2) is 0 Å². The Kier molecular flexibility index (Phi) is 4.89. The van der Waals surface area contributed by atoms with Crippen LogP contribution in [0.15, 0.2) is 6.07 Å². The standard InChI is InChI=1S/C13H20N6OS/c1-8-7-9(2)19(18-8)6-4-5-11(20)15-10(3)12-16-17-13(14)21-12/h7,10H,4-6H2,1-3H3,(H2,14,17)(H,15,20)/t10-/m0/s1. The van der Waals surface area contributed by atoms with Gasteiger partial charge in [0.2, 0.25) is 11.0 Å². The third-order valence-electron chi connectivity index (χ3n) is 3.08. The molecular formula is C13H20N6OS. The van der Waals surface area contributed by atoms with Crippen LogP contribution in [0, 0.1) is 13.8 Å². The van der Waals surface area contributed by atoms with E-state index >= 15 is 0 Å². The van der Waals surface area contributed by atoms with Crippen molar-refractivity contribution in [1.29, 1.82) is 0 Å². The first-order chi connectivity index (χ1) is 9.95. The molecule has 0 radical (unpaired) electrons. The number of rotatable bonds is 6. The van der Waals surface area contributed by atoms with Crippen LogP contribution in [0.1, 0.15) is 42.2 Å². The van der Waals surface area contributed by atoms with Crippen molar-refractivity contribution in [2.24, 2.45) is 0 Å². The average Bonchev–Trinajstić information content (AvgIpc) is 2.96. The van der Waals surface area contributed by atoms with Crippen molar-refractivity contribution in [1.82, 2.24) is 25.3 Å². The van der Waals surface area contributed by atoms with Crippen molar-refractivity contribution in [3.63, 3.8) is 0 Å². The number of nitrogen functional groups attached to an aromatic ring is 1. The van der Waals surface area contributed by atoms with Gasteiger partial charge >= 0.3 is 0 Å². The van der Waals surface area contributed by atoms with Gasteiger partial charge in [-0.2, -0.15) is 5.10 Å². The number of nitrogens with one attached hydrogen (secondary N) is 1. The van der Waals surface area contributed by atoms with E-state index in [9.17, 15) is 4.79 Å². The summed E-state index contributed by atoms with van der Waals surface area (Å²) in [5.74, 6) is -0.00203. The summed E-state index contributed by atoms with van der Waals surface area (Å²) in [7, 11) is 0. The Hall–Kier alpha value is -1.96. The summed E-state index contributed by atoms with van der Waals surface area (Å²) in [4.78, 5) is 11.9. The zero-order valence-electron chi connectivity index (χ0n) is 12.5. The largest absolute Gasteiger partial charge is 0.374 e. The summed E-state index contributed by atoms with van der Waals surface area (Å²) >= 11 is 1.29. The van der Waals surface area contributed by atoms with Gasteiger partial charge < -0.3 is 11.1 Å². The Balaban J connectivity index is 1.76. The predicted octanol–water partition coefficient (Wildman–Crippen LogP) is 1.59. The average molecular weight is 308 g/mol. The number of nitrogens with two attached hydrogens (primary N) is 1. The van der Waals surface area contributed by atoms with Gasteiger partial charge in [0.1, 0.15) is 5.01 Å². The Morgan fingerprint density at radius 1 is 1.48 bits per heavy atom. The van der Waals surface area contributed by atoms with Gasteiger partial charge in [0.05, 0.1) is 11.7 Å². The van der Waals surface area contributed by atoms with Crippen molar-refractivity contribution < 1.29 is 4.79 Å². The quantitative estimate of drug-likeness (QED) is 0.844. The molecule has 0 bridgehead atoms. The number of amides is 1. The van der Waals surface area contributed by atoms with Crippen LogP contribution in [0.2, 0.25) is 0 Å². The van der Waals surface area contributed by atoms with Gasteiger partial charge in [0.15, 0.2) is 0 Å². The first-order valence-corrected chi connectivity index (χ1v) is 7.66. The molecule has 3 N–H and O–H groups in total. The second-order valence-corrected chi connectivity index (χ2v) is 6.06. The number of carbonyl (C=O) groups is 1. The lowest BCUT2D eigenvalue weighted by Crippen LogP contribution is -2.26. The number of nitrogens with zero attached hydrogens (tertiary/aromatic N) is 4. The topological polar surface area (TPSA) is 98.7 Å². The third kappa shape index (κ3) is 4.25. The molecule has 7 nitrogen and oxygen atoms in total. The van der Waals surface area contributed by atoms with Crippen molar-refractivity contribution in [3.8, 4) is 0 Å². The molecule has 8 heteroatoms. The van der Waals surface area contributed by atoms with Crippen molar-refractivity contribution in [3.05, 3.63) is 22.5 Å². The van der Waals surface area contributed by atoms with E-state index in [0.29, 0.717) is 11.6 Å². The second-order valence-electron chi connectivity index (χ2n) is 5.02. The smallest absolute Gasteiger partial charge is 0.220 e. The molecule has 0 aromatic carbocycles. The molecule has 2 heterocycles. The van der Waals surface area contributed by atoms with Crippen LogP contribution in [0.25, 0.3) is 0 Å². The van der Waals surface area contributed by atoms with E-state index in [1.54, 1.807) is 0 Å². The van der Waals surface area contributed by atoms with Crippen molar-refractivity contribution in [2.45, 2.75) is 46.2 Å². The molecule has 0 fully saturated rings. The van der Waals surface area contributed by atoms with Crippen molar-refractivity contribution in [2.75, 3.05) is 5.73 Å². The molecule has 0 saturated heterocycles. The molecule has 2 rings (SSSR count). The molecule has 114 valence electrons. The Labute approximate surface area is 127 Å². The number of carbonyl (C=O) groups excluding carboxylic acids is 1. The van der Waals surface area contributed by atoms with Gasteiger partial charge in [-0.15, -0.1) is 10.2 Å². The Morgan fingerprint density at radius 2 is 2.24 bits per heavy atom. The van der Waals surface area contributed by atoms with E-state index < -0.39 is 0 Å². The number of hydrogen-bond acceptors (Lipinski definition) is 6. The maximum Gasteiger partial charge on any atom is 0.220 e. The molecule has 21 heavy (non-hydrogen) atoms. The molecule has 1 amide bonds. The minimum absolute atomic E-state index is 0.00203. The van der Waals surface area contributed by atoms with Gasteiger partial charge in [-0.1, -0.05) is 11.3 Å². The maximum atomic E-state index is 11.9. The van der Waals surface area contributed by atoms with E-state index in [-0.39, 0.29) is 11.9 Å². The minimum atomic E-state index is -0.166. The first-order valence-electron chi connectivity index (χ1n) is 6.85. The lowest BCUT2D eigenvalue weighted by molar-refractivity contribution is -0.121. The number of anilines is 1. The fraction of sp³-hybridized carbons (Fsp3) is 0.538. The van der Waals surface area contributed by atoms with E-state index in [0.717, 1.165) is 29.4 Å². The summed E-state index contributed by atoms with van der Waals surface area (Å²) in [5, 5.41) is 16.1. The number of aromatic nitrogens is 4.